The van der Waals surface area contributed by atoms with Crippen molar-refractivity contribution in [2.24, 2.45) is 0 Å². The number of para-hydroxylation sites is 1. The highest BCUT2D eigenvalue weighted by atomic mass is 32.1. The van der Waals surface area contributed by atoms with Crippen LogP contribution in [0.2, 0.25) is 0 Å². The normalized spacial score (nSPS) is 9.75. The largest absolute Gasteiger partial charge is 0.482 e. The molecule has 0 unspecified atom stereocenters. The summed E-state index contributed by atoms with van der Waals surface area (Å²) >= 11 is 1.04. The fraction of sp³-hybridized carbons (Fsp3) is 0.154. The highest BCUT2D eigenvalue weighted by Gasteiger charge is 2.06. The van der Waals surface area contributed by atoms with Gasteiger partial charge in [0.15, 0.2) is 6.61 Å². The summed E-state index contributed by atoms with van der Waals surface area (Å²) in [6.45, 7) is 0.0495. The predicted octanol–water partition coefficient (Wildman–Crippen LogP) is 1.00. The number of hydrogen-bond donors (Lipinski definition) is 2. The molecule has 0 saturated heterocycles. The van der Waals surface area contributed by atoms with Crippen LogP contribution in [0.25, 0.3) is 0 Å². The highest BCUT2D eigenvalue weighted by molar-refractivity contribution is 7.07. The number of benzene rings is 1. The van der Waals surface area contributed by atoms with E-state index >= 15 is 0 Å². The first kappa shape index (κ1) is 13.8. The number of aromatic nitrogens is 1. The lowest BCUT2D eigenvalue weighted by Crippen LogP contribution is -2.28. The Morgan fingerprint density at radius 2 is 2.25 bits per heavy atom. The van der Waals surface area contributed by atoms with E-state index in [1.807, 2.05) is 6.07 Å². The highest BCUT2D eigenvalue weighted by Crippen LogP contribution is 2.16. The number of nitrogens with zero attached hydrogens (tertiary/aromatic N) is 1. The number of hydrogen-bond acceptors (Lipinski definition) is 5. The van der Waals surface area contributed by atoms with E-state index in [1.165, 1.54) is 0 Å². The van der Waals surface area contributed by atoms with E-state index in [-0.39, 0.29) is 23.9 Å². The van der Waals surface area contributed by atoms with Crippen molar-refractivity contribution in [1.29, 1.82) is 5.26 Å². The molecule has 0 atom stereocenters. The summed E-state index contributed by atoms with van der Waals surface area (Å²) in [7, 11) is 0. The van der Waals surface area contributed by atoms with Crippen molar-refractivity contribution in [1.82, 2.24) is 10.3 Å². The molecule has 2 N–H and O–H groups in total. The van der Waals surface area contributed by atoms with E-state index < -0.39 is 0 Å². The fourth-order valence-corrected chi connectivity index (χ4v) is 2.06. The van der Waals surface area contributed by atoms with E-state index in [0.717, 1.165) is 11.3 Å². The molecule has 0 fully saturated rings. The molecule has 0 radical (unpaired) electrons. The van der Waals surface area contributed by atoms with Crippen molar-refractivity contribution in [2.75, 3.05) is 6.61 Å². The van der Waals surface area contributed by atoms with Crippen molar-refractivity contribution >= 4 is 17.2 Å². The minimum atomic E-state index is -0.329. The van der Waals surface area contributed by atoms with Crippen LogP contribution in [0.1, 0.15) is 11.3 Å². The third kappa shape index (κ3) is 3.70. The smallest absolute Gasteiger partial charge is 0.304 e. The third-order valence-corrected chi connectivity index (χ3v) is 3.13. The van der Waals surface area contributed by atoms with Crippen molar-refractivity contribution in [3.8, 4) is 11.8 Å². The van der Waals surface area contributed by atoms with Gasteiger partial charge >= 0.3 is 4.87 Å². The molecule has 1 heterocycles. The molecular formula is C13H11N3O3S. The Balaban J connectivity index is 1.83. The van der Waals surface area contributed by atoms with Gasteiger partial charge in [0.2, 0.25) is 0 Å². The average molecular weight is 289 g/mol. The number of nitriles is 1. The van der Waals surface area contributed by atoms with Crippen LogP contribution in [0.4, 0.5) is 0 Å². The molecule has 7 heteroatoms. The minimum absolute atomic E-state index is 0.159. The molecule has 20 heavy (non-hydrogen) atoms. The number of H-pyrrole nitrogens is 1. The maximum Gasteiger partial charge on any atom is 0.304 e. The zero-order chi connectivity index (χ0) is 14.4. The van der Waals surface area contributed by atoms with Gasteiger partial charge in [-0.15, -0.1) is 0 Å². The van der Waals surface area contributed by atoms with Crippen LogP contribution < -0.4 is 14.9 Å². The molecule has 2 rings (SSSR count). The van der Waals surface area contributed by atoms with E-state index in [4.69, 9.17) is 10.00 Å². The zero-order valence-corrected chi connectivity index (χ0v) is 11.2. The summed E-state index contributed by atoms with van der Waals surface area (Å²) in [4.78, 5) is 24.9. The monoisotopic (exact) mass is 289 g/mol. The topological polar surface area (TPSA) is 95.0 Å². The summed E-state index contributed by atoms with van der Waals surface area (Å²) in [6, 6.07) is 8.67. The molecule has 0 saturated carbocycles. The first-order valence-electron chi connectivity index (χ1n) is 5.74. The lowest BCUT2D eigenvalue weighted by molar-refractivity contribution is -0.123. The van der Waals surface area contributed by atoms with Gasteiger partial charge in [-0.1, -0.05) is 23.5 Å². The van der Waals surface area contributed by atoms with Crippen LogP contribution >= 0.6 is 11.3 Å². The zero-order valence-electron chi connectivity index (χ0n) is 10.4. The maximum atomic E-state index is 11.6. The van der Waals surface area contributed by atoms with Gasteiger partial charge in [-0.25, -0.2) is 0 Å². The fourth-order valence-electron chi connectivity index (χ4n) is 1.47. The average Bonchev–Trinajstić information content (AvgIpc) is 2.89. The predicted molar refractivity (Wildman–Crippen MR) is 73.4 cm³/mol. The summed E-state index contributed by atoms with van der Waals surface area (Å²) < 4.78 is 5.28. The number of nitrogens with one attached hydrogen (secondary N) is 2. The maximum absolute atomic E-state index is 11.6. The second-order valence-corrected chi connectivity index (χ2v) is 4.69. The van der Waals surface area contributed by atoms with Crippen LogP contribution in [-0.2, 0) is 11.3 Å². The molecule has 6 nitrogen and oxygen atoms in total. The van der Waals surface area contributed by atoms with Gasteiger partial charge in [0.25, 0.3) is 5.91 Å². The Morgan fingerprint density at radius 1 is 1.45 bits per heavy atom. The first-order chi connectivity index (χ1) is 9.69. The second kappa shape index (κ2) is 6.54. The number of rotatable bonds is 5. The minimum Gasteiger partial charge on any atom is -0.482 e. The Hall–Kier alpha value is -2.59. The molecule has 1 aromatic heterocycles. The number of thiazole rings is 1. The van der Waals surface area contributed by atoms with Crippen molar-refractivity contribution < 1.29 is 9.53 Å². The van der Waals surface area contributed by atoms with Gasteiger partial charge in [-0.2, -0.15) is 5.26 Å². The van der Waals surface area contributed by atoms with Crippen molar-refractivity contribution in [3.05, 3.63) is 50.6 Å². The van der Waals surface area contributed by atoms with E-state index in [0.29, 0.717) is 17.0 Å². The van der Waals surface area contributed by atoms with Crippen LogP contribution in [-0.4, -0.2) is 17.5 Å². The SMILES string of the molecule is N#Cc1ccccc1OCC(=O)NCc1csc(=O)[nH]1. The number of carbonyl (C=O) groups excluding carboxylic acids is 1. The van der Waals surface area contributed by atoms with Crippen LogP contribution in [0, 0.1) is 11.3 Å². The Labute approximate surface area is 118 Å². The van der Waals surface area contributed by atoms with Crippen LogP contribution in [0.3, 0.4) is 0 Å². The van der Waals surface area contributed by atoms with Gasteiger partial charge < -0.3 is 15.0 Å². The van der Waals surface area contributed by atoms with E-state index in [2.05, 4.69) is 10.3 Å². The van der Waals surface area contributed by atoms with Gasteiger partial charge in [-0.05, 0) is 12.1 Å². The van der Waals surface area contributed by atoms with Crippen molar-refractivity contribution in [2.45, 2.75) is 6.54 Å². The lowest BCUT2D eigenvalue weighted by Gasteiger charge is -2.07. The molecule has 2 aromatic rings. The molecule has 0 aliphatic heterocycles. The van der Waals surface area contributed by atoms with Crippen molar-refractivity contribution in [3.63, 3.8) is 0 Å². The number of carbonyl (C=O) groups is 1. The second-order valence-electron chi connectivity index (χ2n) is 3.85. The van der Waals surface area contributed by atoms with Gasteiger partial charge in [0.1, 0.15) is 11.8 Å². The van der Waals surface area contributed by atoms with Crippen LogP contribution in [0.15, 0.2) is 34.4 Å². The Kier molecular flexibility index (Phi) is 4.52. The summed E-state index contributed by atoms with van der Waals surface area (Å²) in [6.07, 6.45) is 0. The first-order valence-corrected chi connectivity index (χ1v) is 6.62. The molecule has 0 aliphatic rings. The Bertz CT molecular complexity index is 699. The number of ether oxygens (including phenoxy) is 1. The molecule has 0 spiro atoms. The van der Waals surface area contributed by atoms with E-state index in [9.17, 15) is 9.59 Å². The number of amides is 1. The van der Waals surface area contributed by atoms with Gasteiger partial charge in [0.05, 0.1) is 12.1 Å². The molecule has 1 amide bonds. The quantitative estimate of drug-likeness (QED) is 0.858. The molecular weight excluding hydrogens is 278 g/mol. The van der Waals surface area contributed by atoms with Crippen LogP contribution in [0.5, 0.6) is 5.75 Å². The summed E-state index contributed by atoms with van der Waals surface area (Å²) in [5.74, 6) is 0.0406. The standard InChI is InChI=1S/C13H11N3O3S/c14-5-9-3-1-2-4-11(9)19-7-12(17)15-6-10-8-20-13(18)16-10/h1-4,8H,6-7H2,(H,15,17)(H,16,18). The third-order valence-electron chi connectivity index (χ3n) is 2.41. The molecule has 1 aromatic carbocycles. The lowest BCUT2D eigenvalue weighted by atomic mass is 10.2. The van der Waals surface area contributed by atoms with E-state index in [1.54, 1.807) is 29.6 Å². The summed E-state index contributed by atoms with van der Waals surface area (Å²) in [5, 5.41) is 13.1. The molecule has 102 valence electrons. The van der Waals surface area contributed by atoms with Gasteiger partial charge in [-0.3, -0.25) is 9.59 Å². The molecule has 0 aliphatic carbocycles. The Morgan fingerprint density at radius 3 is 2.95 bits per heavy atom. The summed E-state index contributed by atoms with van der Waals surface area (Å²) in [5.41, 5.74) is 1.02. The van der Waals surface area contributed by atoms with Gasteiger partial charge in [0, 0.05) is 11.1 Å². The number of aromatic amines is 1. The molecule has 0 bridgehead atoms.